The summed E-state index contributed by atoms with van der Waals surface area (Å²) in [5.74, 6) is -0.760. The minimum absolute atomic E-state index is 0.0372. The van der Waals surface area contributed by atoms with Crippen LogP contribution >= 0.6 is 11.6 Å². The number of carbonyl (C=O) groups is 2. The first-order valence-corrected chi connectivity index (χ1v) is 12.3. The highest BCUT2D eigenvalue weighted by Gasteiger charge is 2.67. The van der Waals surface area contributed by atoms with Gasteiger partial charge in [-0.1, -0.05) is 48.0 Å². The third-order valence-electron chi connectivity index (χ3n) is 6.09. The number of benzene rings is 3. The molecule has 1 N–H and O–H groups in total. The van der Waals surface area contributed by atoms with Crippen LogP contribution in [-0.4, -0.2) is 26.5 Å². The molecule has 1 aliphatic carbocycles. The van der Waals surface area contributed by atoms with Crippen molar-refractivity contribution in [2.75, 3.05) is 11.2 Å². The highest BCUT2D eigenvalue weighted by Crippen LogP contribution is 2.67. The summed E-state index contributed by atoms with van der Waals surface area (Å²) in [4.78, 5) is 27.8. The molecule has 6 nitrogen and oxygen atoms in total. The molecule has 1 aliphatic heterocycles. The lowest BCUT2D eigenvalue weighted by Crippen LogP contribution is -2.31. The maximum absolute atomic E-state index is 13.8. The summed E-state index contributed by atoms with van der Waals surface area (Å²) < 4.78 is 24.9. The van der Waals surface area contributed by atoms with Gasteiger partial charge < -0.3 is 0 Å². The maximum Gasteiger partial charge on any atom is 0.264 e. The van der Waals surface area contributed by atoms with E-state index < -0.39 is 21.3 Å². The molecule has 8 heteroatoms. The van der Waals surface area contributed by atoms with E-state index in [2.05, 4.69) is 0 Å². The van der Waals surface area contributed by atoms with Crippen LogP contribution in [0.25, 0.3) is 0 Å². The van der Waals surface area contributed by atoms with E-state index in [4.69, 9.17) is 11.6 Å². The second-order valence-electron chi connectivity index (χ2n) is 8.19. The standard InChI is InChI=1S/C24H19ClN2O4S/c1-32(30,31)26-22(28)16-5-4-6-18(13-16)27-21-8-3-2-7-19(21)24(23(27)29)14-20(24)15-9-11-17(25)12-10-15/h2-13,20H,14H2,1H3,(H,26,28)/t20-,24+/m1/s1. The van der Waals surface area contributed by atoms with Gasteiger partial charge in [-0.2, -0.15) is 0 Å². The predicted molar refractivity (Wildman–Crippen MR) is 123 cm³/mol. The van der Waals surface area contributed by atoms with E-state index in [0.717, 1.165) is 23.1 Å². The van der Waals surface area contributed by atoms with Gasteiger partial charge in [-0.25, -0.2) is 13.1 Å². The molecule has 162 valence electrons. The van der Waals surface area contributed by atoms with Crippen LogP contribution in [0.4, 0.5) is 11.4 Å². The summed E-state index contributed by atoms with van der Waals surface area (Å²) in [6.45, 7) is 0. The first-order valence-electron chi connectivity index (χ1n) is 10.0. The zero-order valence-electron chi connectivity index (χ0n) is 17.1. The Bertz CT molecular complexity index is 1370. The van der Waals surface area contributed by atoms with Gasteiger partial charge in [0.25, 0.3) is 5.91 Å². The summed E-state index contributed by atoms with van der Waals surface area (Å²) in [5, 5.41) is 0.646. The Morgan fingerprint density at radius 3 is 2.50 bits per heavy atom. The van der Waals surface area contributed by atoms with Gasteiger partial charge in [-0.05, 0) is 53.9 Å². The van der Waals surface area contributed by atoms with Crippen LogP contribution in [0.2, 0.25) is 5.02 Å². The number of carbonyl (C=O) groups excluding carboxylic acids is 2. The second-order valence-corrected chi connectivity index (χ2v) is 10.4. The lowest BCUT2D eigenvalue weighted by atomic mass is 9.92. The van der Waals surface area contributed by atoms with Crippen molar-refractivity contribution in [2.24, 2.45) is 0 Å². The number of hydrogen-bond donors (Lipinski definition) is 1. The number of sulfonamides is 1. The van der Waals surface area contributed by atoms with Crippen molar-refractivity contribution in [1.82, 2.24) is 4.72 Å². The van der Waals surface area contributed by atoms with Crippen LogP contribution in [-0.2, 0) is 20.2 Å². The average Bonchev–Trinajstić information content (AvgIpc) is 3.45. The molecule has 1 heterocycles. The molecule has 2 amide bonds. The molecule has 0 aromatic heterocycles. The highest BCUT2D eigenvalue weighted by molar-refractivity contribution is 7.89. The Labute approximate surface area is 190 Å². The van der Waals surface area contributed by atoms with Crippen LogP contribution in [0, 0.1) is 0 Å². The maximum atomic E-state index is 13.8. The lowest BCUT2D eigenvalue weighted by molar-refractivity contribution is -0.119. The van der Waals surface area contributed by atoms with E-state index in [-0.39, 0.29) is 17.4 Å². The van der Waals surface area contributed by atoms with E-state index >= 15 is 0 Å². The molecule has 0 bridgehead atoms. The molecule has 0 radical (unpaired) electrons. The Kier molecular flexibility index (Phi) is 4.65. The van der Waals surface area contributed by atoms with Gasteiger partial charge in [-0.3, -0.25) is 14.5 Å². The Morgan fingerprint density at radius 1 is 1.06 bits per heavy atom. The minimum Gasteiger partial charge on any atom is -0.280 e. The number of halogens is 1. The normalized spacial score (nSPS) is 21.5. The number of hydrogen-bond acceptors (Lipinski definition) is 4. The Morgan fingerprint density at radius 2 is 1.78 bits per heavy atom. The van der Waals surface area contributed by atoms with Gasteiger partial charge in [0.15, 0.2) is 0 Å². The van der Waals surface area contributed by atoms with Gasteiger partial charge in [0, 0.05) is 22.2 Å². The summed E-state index contributed by atoms with van der Waals surface area (Å²) in [6.07, 6.45) is 1.61. The molecule has 3 aromatic rings. The number of nitrogens with one attached hydrogen (secondary N) is 1. The van der Waals surface area contributed by atoms with Gasteiger partial charge in [0.05, 0.1) is 17.4 Å². The van der Waals surface area contributed by atoms with Gasteiger partial charge in [0.2, 0.25) is 15.9 Å². The van der Waals surface area contributed by atoms with Crippen LogP contribution in [0.1, 0.15) is 33.8 Å². The SMILES string of the molecule is CS(=O)(=O)NC(=O)c1cccc(N2C(=O)[C@@]3(C[C@@H]3c3ccc(Cl)cc3)c3ccccc32)c1. The number of para-hydroxylation sites is 1. The molecule has 0 unspecified atom stereocenters. The molecular weight excluding hydrogens is 448 g/mol. The number of amides is 2. The average molecular weight is 467 g/mol. The molecule has 2 aliphatic rings. The van der Waals surface area contributed by atoms with Crippen LogP contribution in [0.3, 0.4) is 0 Å². The monoisotopic (exact) mass is 466 g/mol. The predicted octanol–water partition coefficient (Wildman–Crippen LogP) is 4.13. The third kappa shape index (κ3) is 3.29. The van der Waals surface area contributed by atoms with Crippen molar-refractivity contribution in [2.45, 2.75) is 17.8 Å². The number of fused-ring (bicyclic) bond motifs is 2. The van der Waals surface area contributed by atoms with Crippen molar-refractivity contribution < 1.29 is 18.0 Å². The number of nitrogens with zero attached hydrogens (tertiary/aromatic N) is 1. The number of anilines is 2. The summed E-state index contributed by atoms with van der Waals surface area (Å²) >= 11 is 6.04. The van der Waals surface area contributed by atoms with E-state index in [0.29, 0.717) is 17.1 Å². The summed E-state index contributed by atoms with van der Waals surface area (Å²) in [5.41, 5.74) is 2.80. The van der Waals surface area contributed by atoms with E-state index in [1.165, 1.54) is 12.1 Å². The molecular formula is C24H19ClN2O4S. The first kappa shape index (κ1) is 20.7. The van der Waals surface area contributed by atoms with Crippen LogP contribution in [0.5, 0.6) is 0 Å². The van der Waals surface area contributed by atoms with Gasteiger partial charge >= 0.3 is 0 Å². The van der Waals surface area contributed by atoms with E-state index in [1.54, 1.807) is 17.0 Å². The molecule has 1 spiro atoms. The Balaban J connectivity index is 1.55. The van der Waals surface area contributed by atoms with Crippen molar-refractivity contribution >= 4 is 44.8 Å². The molecule has 0 saturated heterocycles. The second kappa shape index (κ2) is 7.18. The highest BCUT2D eigenvalue weighted by atomic mass is 35.5. The van der Waals surface area contributed by atoms with Crippen LogP contribution in [0.15, 0.2) is 72.8 Å². The lowest BCUT2D eigenvalue weighted by Gasteiger charge is -2.19. The van der Waals surface area contributed by atoms with Gasteiger partial charge in [-0.15, -0.1) is 0 Å². The first-order chi connectivity index (χ1) is 15.2. The van der Waals surface area contributed by atoms with Crippen molar-refractivity contribution in [3.8, 4) is 0 Å². The fourth-order valence-corrected chi connectivity index (χ4v) is 5.22. The van der Waals surface area contributed by atoms with Crippen molar-refractivity contribution in [1.29, 1.82) is 0 Å². The fraction of sp³-hybridized carbons (Fsp3) is 0.167. The molecule has 2 atom stereocenters. The summed E-state index contributed by atoms with van der Waals surface area (Å²) in [7, 11) is -3.70. The topological polar surface area (TPSA) is 83.6 Å². The Hall–Kier alpha value is -3.16. The molecule has 32 heavy (non-hydrogen) atoms. The molecule has 3 aromatic carbocycles. The van der Waals surface area contributed by atoms with Crippen molar-refractivity contribution in [3.05, 3.63) is 94.5 Å². The number of rotatable bonds is 4. The van der Waals surface area contributed by atoms with Crippen LogP contribution < -0.4 is 9.62 Å². The largest absolute Gasteiger partial charge is 0.280 e. The van der Waals surface area contributed by atoms with Crippen molar-refractivity contribution in [3.63, 3.8) is 0 Å². The van der Waals surface area contributed by atoms with E-state index in [9.17, 15) is 18.0 Å². The van der Waals surface area contributed by atoms with Gasteiger partial charge in [0.1, 0.15) is 0 Å². The minimum atomic E-state index is -3.70. The smallest absolute Gasteiger partial charge is 0.264 e. The molecule has 1 fully saturated rings. The quantitative estimate of drug-likeness (QED) is 0.626. The summed E-state index contributed by atoms with van der Waals surface area (Å²) in [6, 6.07) is 21.7. The zero-order valence-corrected chi connectivity index (χ0v) is 18.7. The fourth-order valence-electron chi connectivity index (χ4n) is 4.63. The third-order valence-corrected chi connectivity index (χ3v) is 6.90. The molecule has 5 rings (SSSR count). The van der Waals surface area contributed by atoms with E-state index in [1.807, 2.05) is 53.3 Å². The molecule has 1 saturated carbocycles. The zero-order chi connectivity index (χ0) is 22.7.